The first kappa shape index (κ1) is 64.5. The van der Waals surface area contributed by atoms with Crippen molar-refractivity contribution in [2.75, 3.05) is 13.7 Å². The molecule has 1 spiro atoms. The lowest BCUT2D eigenvalue weighted by molar-refractivity contribution is -0.584. The van der Waals surface area contributed by atoms with Crippen molar-refractivity contribution in [2.45, 2.75) is 237 Å². The smallest absolute Gasteiger partial charge is 0.407 e. The van der Waals surface area contributed by atoms with Crippen molar-refractivity contribution in [3.63, 3.8) is 0 Å². The Morgan fingerprint density at radius 2 is 1.52 bits per heavy atom. The summed E-state index contributed by atoms with van der Waals surface area (Å²) < 4.78 is 68.6. The number of ether oxygens (including phenoxy) is 11. The number of carbonyl (C=O) groups excluding carboxylic acids is 5. The van der Waals surface area contributed by atoms with E-state index in [2.05, 4.69) is 25.2 Å². The molecule has 0 aromatic rings. The Balaban J connectivity index is 1.05. The van der Waals surface area contributed by atoms with E-state index in [0.29, 0.717) is 30.3 Å². The number of ketones is 1. The van der Waals surface area contributed by atoms with Crippen molar-refractivity contribution in [3.8, 4) is 0 Å². The average Bonchev–Trinajstić information content (AvgIpc) is 2.03. The van der Waals surface area contributed by atoms with Gasteiger partial charge in [0, 0.05) is 61.7 Å². The second-order valence-electron chi connectivity index (χ2n) is 25.7. The fourth-order valence-electron chi connectivity index (χ4n) is 15.5. The normalized spacial score (nSPS) is 45.8. The number of carbonyl (C=O) groups is 5. The maximum Gasteiger partial charge on any atom is 0.407 e. The zero-order valence-corrected chi connectivity index (χ0v) is 50.5. The van der Waals surface area contributed by atoms with Crippen LogP contribution in [0.5, 0.6) is 0 Å². The summed E-state index contributed by atoms with van der Waals surface area (Å²) in [5.41, 5.74) is -4.89. The predicted molar refractivity (Wildman–Crippen MR) is 297 cm³/mol. The van der Waals surface area contributed by atoms with E-state index in [4.69, 9.17) is 52.1 Å². The molecular weight excluding hydrogens is 1110 g/mol. The lowest BCUT2D eigenvalue weighted by Gasteiger charge is -2.56. The number of aliphatic hydroxyl groups excluding tert-OH is 4. The monoisotopic (exact) mass is 1200 g/mol. The van der Waals surface area contributed by atoms with Crippen molar-refractivity contribution < 1.29 is 101 Å². The number of amides is 1. The first-order chi connectivity index (χ1) is 40.0. The second-order valence-corrected chi connectivity index (χ2v) is 25.7. The number of nitrogens with one attached hydrogen (secondary N) is 1. The van der Waals surface area contributed by atoms with E-state index in [0.717, 1.165) is 7.11 Å². The Morgan fingerprint density at radius 3 is 2.19 bits per heavy atom. The number of fused-ring (bicyclic) bond motifs is 4. The van der Waals surface area contributed by atoms with Gasteiger partial charge in [-0.15, -0.1) is 0 Å². The number of nitro groups is 1. The zero-order chi connectivity index (χ0) is 61.9. The van der Waals surface area contributed by atoms with Crippen LogP contribution >= 0.6 is 0 Å². The topological polar surface area (TPSA) is 323 Å². The predicted octanol–water partition coefficient (Wildman–Crippen LogP) is 5.10. The largest absolute Gasteiger partial charge is 0.511 e. The number of aliphatic hydroxyl groups is 4. The Bertz CT molecular complexity index is 2720. The SMILES string of the molecule is COC(=O)NC1C(C)OC(OC2CC=C(C)C3C=CC4C(OC5CC(OC6COC(C)C(OC7CC(O)C(O)C(C)O7)C6)C(OC(C)=O)C(C)O5)C(C)CC(C)C4C3(C)C(O)=C3C(=O)OC4(CC(C=O)=CC(O)C4C=C2C)C3=O)CC1(C)[N+](=O)[O-]. The number of rotatable bonds is 12. The van der Waals surface area contributed by atoms with Gasteiger partial charge in [-0.05, 0) is 89.4 Å². The number of Topliss-reactive ketones (excluding diaryl/α,β-unsaturated/α-hetero) is 1. The van der Waals surface area contributed by atoms with E-state index in [9.17, 15) is 49.7 Å². The van der Waals surface area contributed by atoms with Crippen LogP contribution < -0.4 is 5.32 Å². The number of hydrogen-bond donors (Lipinski definition) is 5. The molecule has 5 saturated heterocycles. The average molecular weight is 1200 g/mol. The van der Waals surface area contributed by atoms with Gasteiger partial charge in [-0.25, -0.2) is 9.59 Å². The van der Waals surface area contributed by atoms with Gasteiger partial charge >= 0.3 is 18.0 Å². The number of alkyl carbamates (subject to hydrolysis) is 1. The molecule has 1 saturated carbocycles. The van der Waals surface area contributed by atoms with E-state index < -0.39 is 185 Å². The molecule has 0 aromatic heterocycles. The van der Waals surface area contributed by atoms with Crippen LogP contribution in [0.1, 0.15) is 121 Å². The molecule has 472 valence electrons. The fourth-order valence-corrected chi connectivity index (χ4v) is 15.5. The molecule has 24 heteroatoms. The van der Waals surface area contributed by atoms with Crippen LogP contribution in [0.4, 0.5) is 4.79 Å². The number of aldehydes is 1. The molecule has 1 amide bonds. The Hall–Kier alpha value is -4.99. The van der Waals surface area contributed by atoms with Gasteiger partial charge in [-0.1, -0.05) is 50.6 Å². The molecule has 26 atom stereocenters. The highest BCUT2D eigenvalue weighted by Crippen LogP contribution is 2.61. The number of nitrogens with zero attached hydrogens (tertiary/aromatic N) is 1. The molecule has 24 nitrogen and oxygen atoms in total. The maximum absolute atomic E-state index is 15.5. The van der Waals surface area contributed by atoms with Crippen LogP contribution in [0.25, 0.3) is 0 Å². The molecule has 4 aliphatic carbocycles. The molecule has 0 radical (unpaired) electrons. The molecule has 85 heavy (non-hydrogen) atoms. The van der Waals surface area contributed by atoms with Crippen LogP contribution in [0, 0.1) is 51.0 Å². The summed E-state index contributed by atoms with van der Waals surface area (Å²) >= 11 is 0. The minimum atomic E-state index is -2.20. The summed E-state index contributed by atoms with van der Waals surface area (Å²) in [6, 6.07) is -1.12. The van der Waals surface area contributed by atoms with Gasteiger partial charge in [-0.2, -0.15) is 0 Å². The fraction of sp³-hybridized carbons (Fsp3) is 0.754. The Morgan fingerprint density at radius 1 is 0.824 bits per heavy atom. The molecule has 5 heterocycles. The van der Waals surface area contributed by atoms with E-state index in [1.165, 1.54) is 19.9 Å². The molecule has 6 fully saturated rings. The van der Waals surface area contributed by atoms with Gasteiger partial charge in [-0.3, -0.25) is 24.5 Å². The molecule has 26 unspecified atom stereocenters. The molecule has 5 aliphatic heterocycles. The second kappa shape index (κ2) is 25.2. The minimum Gasteiger partial charge on any atom is -0.511 e. The summed E-state index contributed by atoms with van der Waals surface area (Å²) in [5, 5.41) is 61.3. The van der Waals surface area contributed by atoms with Gasteiger partial charge in [0.25, 0.3) is 0 Å². The van der Waals surface area contributed by atoms with Gasteiger partial charge in [0.05, 0.1) is 87.1 Å². The Kier molecular flexibility index (Phi) is 19.2. The molecule has 9 rings (SSSR count). The maximum atomic E-state index is 15.5. The van der Waals surface area contributed by atoms with Gasteiger partial charge in [0.15, 0.2) is 30.6 Å². The first-order valence-corrected chi connectivity index (χ1v) is 29.9. The van der Waals surface area contributed by atoms with Crippen molar-refractivity contribution in [1.82, 2.24) is 5.32 Å². The minimum absolute atomic E-state index is 0.00104. The first-order valence-electron chi connectivity index (χ1n) is 29.9. The molecular formula is C61H86N2O22. The third kappa shape index (κ3) is 12.3. The highest BCUT2D eigenvalue weighted by atomic mass is 16.7. The van der Waals surface area contributed by atoms with Crippen molar-refractivity contribution in [3.05, 3.63) is 68.5 Å². The summed E-state index contributed by atoms with van der Waals surface area (Å²) in [4.78, 5) is 80.2. The molecule has 9 aliphatic rings. The summed E-state index contributed by atoms with van der Waals surface area (Å²) in [6.45, 7) is 19.3. The summed E-state index contributed by atoms with van der Waals surface area (Å²) in [7, 11) is 1.15. The van der Waals surface area contributed by atoms with E-state index in [-0.39, 0.29) is 55.8 Å². The van der Waals surface area contributed by atoms with Crippen LogP contribution in [0.3, 0.4) is 0 Å². The number of hydrogen-bond acceptors (Lipinski definition) is 22. The highest BCUT2D eigenvalue weighted by Gasteiger charge is 2.65. The van der Waals surface area contributed by atoms with Crippen LogP contribution in [0.2, 0.25) is 0 Å². The number of esters is 2. The Labute approximate surface area is 495 Å². The lowest BCUT2D eigenvalue weighted by Crippen LogP contribution is -2.65. The summed E-state index contributed by atoms with van der Waals surface area (Å²) in [5.74, 6) is -6.43. The van der Waals surface area contributed by atoms with Gasteiger partial charge in [0.1, 0.15) is 35.9 Å². The lowest BCUT2D eigenvalue weighted by atomic mass is 9.49. The zero-order valence-electron chi connectivity index (χ0n) is 50.5. The summed E-state index contributed by atoms with van der Waals surface area (Å²) in [6.07, 6.45) is -4.62. The quantitative estimate of drug-likeness (QED) is 0.0323. The third-order valence-electron chi connectivity index (χ3n) is 19.9. The number of allylic oxidation sites excluding steroid dienone is 3. The van der Waals surface area contributed by atoms with Crippen LogP contribution in [-0.4, -0.2) is 185 Å². The van der Waals surface area contributed by atoms with Crippen molar-refractivity contribution in [1.29, 1.82) is 0 Å². The van der Waals surface area contributed by atoms with Crippen molar-refractivity contribution >= 4 is 30.1 Å². The number of methoxy groups -OCH3 is 1. The molecule has 0 aromatic carbocycles. The van der Waals surface area contributed by atoms with Crippen LogP contribution in [0.15, 0.2) is 58.4 Å². The highest BCUT2D eigenvalue weighted by molar-refractivity contribution is 6.26. The van der Waals surface area contributed by atoms with Gasteiger partial charge in [0.2, 0.25) is 11.3 Å². The van der Waals surface area contributed by atoms with Gasteiger partial charge < -0.3 is 77.8 Å². The third-order valence-corrected chi connectivity index (χ3v) is 19.9. The van der Waals surface area contributed by atoms with E-state index in [1.807, 2.05) is 32.9 Å². The standard InChI is InChI=1S/C61H86N2O22/c1-27-13-16-43(82-48-24-59(10,63(73)74)54(34(8)79-48)62-58(72)75-12)28(2)18-40-41(66)19-36(25-64)23-61(40)56(70)49(57(71)85-61)55(69)60(11)39(27)15-14-38-50(60)29(3)17-30(4)52(38)84-47-22-45(53(33(7)78-47)80-35(9)65)81-37-20-44(31(5)76-26-37)83-46-21-42(67)51(68)32(6)77-46/h13-15,18-19,25,29-34,37-48,50-54,66-69H,16-17,20-24,26H2,1-12H3,(H,62,72). The molecule has 5 N–H and O–H groups in total. The van der Waals surface area contributed by atoms with Crippen molar-refractivity contribution in [2.24, 2.45) is 40.9 Å². The molecule has 2 bridgehead atoms. The van der Waals surface area contributed by atoms with Crippen LogP contribution in [-0.2, 0) is 71.3 Å². The van der Waals surface area contributed by atoms with E-state index >= 15 is 4.79 Å². The van der Waals surface area contributed by atoms with E-state index in [1.54, 1.807) is 33.8 Å².